The van der Waals surface area contributed by atoms with E-state index in [-0.39, 0.29) is 0 Å². The van der Waals surface area contributed by atoms with Gasteiger partial charge in [0.2, 0.25) is 0 Å². The third-order valence-electron chi connectivity index (χ3n) is 4.14. The van der Waals surface area contributed by atoms with E-state index in [2.05, 4.69) is 38.2 Å². The van der Waals surface area contributed by atoms with Gasteiger partial charge >= 0.3 is 0 Å². The summed E-state index contributed by atoms with van der Waals surface area (Å²) < 4.78 is 0. The Morgan fingerprint density at radius 2 is 2.00 bits per heavy atom. The van der Waals surface area contributed by atoms with Crippen molar-refractivity contribution in [1.29, 1.82) is 0 Å². The smallest absolute Gasteiger partial charge is 0.0541 e. The summed E-state index contributed by atoms with van der Waals surface area (Å²) in [6, 6.07) is 8.84. The highest BCUT2D eigenvalue weighted by molar-refractivity contribution is 8.00. The monoisotopic (exact) mass is 311 g/mol. The first-order chi connectivity index (χ1) is 9.61. The lowest BCUT2D eigenvalue weighted by Gasteiger charge is -2.40. The number of hydrogen-bond donors (Lipinski definition) is 1. The van der Waals surface area contributed by atoms with Gasteiger partial charge in [0, 0.05) is 16.2 Å². The van der Waals surface area contributed by atoms with Gasteiger partial charge in [-0.3, -0.25) is 0 Å². The van der Waals surface area contributed by atoms with E-state index in [9.17, 15) is 0 Å². The minimum atomic E-state index is 0.606. The third-order valence-corrected chi connectivity index (χ3v) is 6.26. The van der Waals surface area contributed by atoms with E-state index in [1.807, 2.05) is 23.9 Å². The molecule has 0 heterocycles. The van der Waals surface area contributed by atoms with Gasteiger partial charge in [0.1, 0.15) is 0 Å². The van der Waals surface area contributed by atoms with Crippen LogP contribution in [0.2, 0.25) is 5.02 Å². The molecule has 1 aromatic carbocycles. The summed E-state index contributed by atoms with van der Waals surface area (Å²) in [4.78, 5) is 1.23. The lowest BCUT2D eigenvalue weighted by atomic mass is 9.80. The number of hydrogen-bond acceptors (Lipinski definition) is 2. The molecule has 0 saturated heterocycles. The summed E-state index contributed by atoms with van der Waals surface area (Å²) in [5.74, 6) is 1.55. The van der Waals surface area contributed by atoms with Gasteiger partial charge in [-0.1, -0.05) is 44.5 Å². The Kier molecular flexibility index (Phi) is 6.25. The topological polar surface area (TPSA) is 12.0 Å². The first-order valence-corrected chi connectivity index (χ1v) is 9.02. The van der Waals surface area contributed by atoms with Crippen LogP contribution in [0.5, 0.6) is 0 Å². The normalized spacial score (nSPS) is 30.4. The summed E-state index contributed by atoms with van der Waals surface area (Å²) in [6.45, 7) is 8.13. The van der Waals surface area contributed by atoms with Gasteiger partial charge in [-0.15, -0.1) is 11.8 Å². The van der Waals surface area contributed by atoms with Crippen molar-refractivity contribution < 1.29 is 0 Å². The van der Waals surface area contributed by atoms with Crippen LogP contribution >= 0.6 is 23.4 Å². The molecule has 0 radical (unpaired) electrons. The fraction of sp³-hybridized carbons (Fsp3) is 0.647. The largest absolute Gasteiger partial charge is 0.313 e. The summed E-state index contributed by atoms with van der Waals surface area (Å²) in [6.07, 6.45) is 3.81. The minimum Gasteiger partial charge on any atom is -0.313 e. The fourth-order valence-electron chi connectivity index (χ4n) is 3.24. The van der Waals surface area contributed by atoms with E-state index in [1.54, 1.807) is 0 Å². The lowest BCUT2D eigenvalue weighted by Crippen LogP contribution is -2.46. The molecule has 2 rings (SSSR count). The van der Waals surface area contributed by atoms with Crippen LogP contribution < -0.4 is 5.32 Å². The van der Waals surface area contributed by atoms with E-state index in [0.29, 0.717) is 11.3 Å². The van der Waals surface area contributed by atoms with Crippen molar-refractivity contribution in [2.75, 3.05) is 6.54 Å². The quantitative estimate of drug-likeness (QED) is 0.798. The maximum Gasteiger partial charge on any atom is 0.0541 e. The van der Waals surface area contributed by atoms with Gasteiger partial charge in [0.25, 0.3) is 0 Å². The predicted molar refractivity (Wildman–Crippen MR) is 90.7 cm³/mol. The summed E-state index contributed by atoms with van der Waals surface area (Å²) in [7, 11) is 0. The third kappa shape index (κ3) is 4.16. The molecule has 1 N–H and O–H groups in total. The molecular weight excluding hydrogens is 286 g/mol. The first kappa shape index (κ1) is 16.2. The number of rotatable bonds is 5. The zero-order valence-corrected chi connectivity index (χ0v) is 14.3. The van der Waals surface area contributed by atoms with Crippen molar-refractivity contribution in [2.24, 2.45) is 11.8 Å². The van der Waals surface area contributed by atoms with Gasteiger partial charge < -0.3 is 5.32 Å². The SMILES string of the molecule is CCCNC1CC(C)CC(C)C1Sc1ccccc1Cl. The van der Waals surface area contributed by atoms with Crippen molar-refractivity contribution in [1.82, 2.24) is 5.32 Å². The number of thioether (sulfide) groups is 1. The maximum absolute atomic E-state index is 6.33. The average molecular weight is 312 g/mol. The molecule has 20 heavy (non-hydrogen) atoms. The minimum absolute atomic E-state index is 0.606. The molecule has 1 aliphatic carbocycles. The Morgan fingerprint density at radius 3 is 2.70 bits per heavy atom. The molecule has 0 spiro atoms. The van der Waals surface area contributed by atoms with Crippen molar-refractivity contribution in [2.45, 2.75) is 56.2 Å². The molecule has 3 heteroatoms. The average Bonchev–Trinajstić information content (AvgIpc) is 2.41. The Labute approximate surface area is 132 Å². The molecule has 4 atom stereocenters. The number of halogens is 1. The van der Waals surface area contributed by atoms with E-state index >= 15 is 0 Å². The summed E-state index contributed by atoms with van der Waals surface area (Å²) >= 11 is 8.30. The molecule has 0 aliphatic heterocycles. The van der Waals surface area contributed by atoms with Crippen LogP contribution in [0.15, 0.2) is 29.2 Å². The Morgan fingerprint density at radius 1 is 1.25 bits per heavy atom. The van der Waals surface area contributed by atoms with Crippen molar-refractivity contribution >= 4 is 23.4 Å². The van der Waals surface area contributed by atoms with Crippen LogP contribution in [-0.2, 0) is 0 Å². The highest BCUT2D eigenvalue weighted by Crippen LogP contribution is 2.41. The summed E-state index contributed by atoms with van der Waals surface area (Å²) in [5, 5.41) is 5.27. The standard InChI is InChI=1S/C17H26ClNS/c1-4-9-19-15-11-12(2)10-13(3)17(15)20-16-8-6-5-7-14(16)18/h5-8,12-13,15,17,19H,4,9-11H2,1-3H3. The molecule has 112 valence electrons. The predicted octanol–water partition coefficient (Wildman–Crippen LogP) is 5.23. The van der Waals surface area contributed by atoms with Gasteiger partial charge in [-0.25, -0.2) is 0 Å². The van der Waals surface area contributed by atoms with Crippen molar-refractivity contribution in [3.05, 3.63) is 29.3 Å². The zero-order chi connectivity index (χ0) is 14.5. The molecule has 0 aromatic heterocycles. The van der Waals surface area contributed by atoms with E-state index < -0.39 is 0 Å². The molecule has 1 nitrogen and oxygen atoms in total. The molecule has 4 unspecified atom stereocenters. The van der Waals surface area contributed by atoms with E-state index in [0.717, 1.165) is 23.4 Å². The second kappa shape index (κ2) is 7.72. The van der Waals surface area contributed by atoms with Crippen LogP contribution in [-0.4, -0.2) is 17.8 Å². The summed E-state index contributed by atoms with van der Waals surface area (Å²) in [5.41, 5.74) is 0. The molecular formula is C17H26ClNS. The Bertz CT molecular complexity index is 423. The first-order valence-electron chi connectivity index (χ1n) is 7.76. The van der Waals surface area contributed by atoms with Crippen molar-refractivity contribution in [3.63, 3.8) is 0 Å². The molecule has 1 saturated carbocycles. The van der Waals surface area contributed by atoms with Crippen LogP contribution in [0, 0.1) is 11.8 Å². The second-order valence-corrected chi connectivity index (χ2v) is 7.75. The highest BCUT2D eigenvalue weighted by Gasteiger charge is 2.34. The van der Waals surface area contributed by atoms with Crippen molar-refractivity contribution in [3.8, 4) is 0 Å². The molecule has 1 aliphatic rings. The molecule has 1 fully saturated rings. The molecule has 0 bridgehead atoms. The molecule has 1 aromatic rings. The lowest BCUT2D eigenvalue weighted by molar-refractivity contribution is 0.249. The van der Waals surface area contributed by atoms with Gasteiger partial charge in [0.05, 0.1) is 5.02 Å². The van der Waals surface area contributed by atoms with Gasteiger partial charge in [0.15, 0.2) is 0 Å². The zero-order valence-electron chi connectivity index (χ0n) is 12.7. The Hall–Kier alpha value is -0.180. The second-order valence-electron chi connectivity index (χ2n) is 6.13. The van der Waals surface area contributed by atoms with Gasteiger partial charge in [-0.2, -0.15) is 0 Å². The van der Waals surface area contributed by atoms with Gasteiger partial charge in [-0.05, 0) is 49.8 Å². The highest BCUT2D eigenvalue weighted by atomic mass is 35.5. The van der Waals surface area contributed by atoms with Crippen LogP contribution in [0.1, 0.15) is 40.0 Å². The van der Waals surface area contributed by atoms with Crippen LogP contribution in [0.25, 0.3) is 0 Å². The Balaban J connectivity index is 2.10. The number of benzene rings is 1. The number of nitrogens with one attached hydrogen (secondary N) is 1. The fourth-order valence-corrected chi connectivity index (χ4v) is 4.86. The maximum atomic E-state index is 6.33. The van der Waals surface area contributed by atoms with E-state index in [4.69, 9.17) is 11.6 Å². The van der Waals surface area contributed by atoms with E-state index in [1.165, 1.54) is 24.2 Å². The van der Waals surface area contributed by atoms with Crippen LogP contribution in [0.4, 0.5) is 0 Å². The van der Waals surface area contributed by atoms with Crippen LogP contribution in [0.3, 0.4) is 0 Å². The molecule has 0 amide bonds.